The van der Waals surface area contributed by atoms with Crippen molar-refractivity contribution in [2.24, 2.45) is 13.0 Å². The summed E-state index contributed by atoms with van der Waals surface area (Å²) in [6.45, 7) is 3.55. The molecule has 4 rings (SSSR count). The average molecular weight is 557 g/mol. The molecule has 13 heteroatoms. The molecular formula is C26H32N6O6S. The molecule has 0 saturated heterocycles. The maximum Gasteiger partial charge on any atom is 0.261 e. The summed E-state index contributed by atoms with van der Waals surface area (Å²) in [4.78, 5) is 35.7. The zero-order chi connectivity index (χ0) is 28.3. The Hall–Kier alpha value is -3.81. The zero-order valence-electron chi connectivity index (χ0n) is 22.2. The van der Waals surface area contributed by atoms with Crippen molar-refractivity contribution >= 4 is 27.5 Å². The van der Waals surface area contributed by atoms with Crippen molar-refractivity contribution < 1.29 is 27.9 Å². The van der Waals surface area contributed by atoms with Gasteiger partial charge in [0.2, 0.25) is 0 Å². The molecule has 0 unspecified atom stereocenters. The number of hydrogen-bond donors (Lipinski definition) is 2. The summed E-state index contributed by atoms with van der Waals surface area (Å²) in [5.41, 5.74) is 0.972. The molecule has 2 N–H and O–H groups in total. The standard InChI is InChI=1S/C26H32N6O6S/c1-17-12-32(18(2)15-33)26(35)21-11-20(29-25(34)19-7-9-27-10-8-19)5-6-22(21)38-23(17)13-31(4)39(36,37)24-14-30(3)16-28-24/h5-11,14,16-18,23,33H,12-13,15H2,1-4H3,(H,29,34)/t17-,18-,23-/m1/s1. The van der Waals surface area contributed by atoms with E-state index in [1.165, 1.54) is 42.3 Å². The Bertz CT molecular complexity index is 1440. The first-order valence-corrected chi connectivity index (χ1v) is 13.8. The number of amides is 2. The Morgan fingerprint density at radius 1 is 1.28 bits per heavy atom. The molecule has 3 atom stereocenters. The van der Waals surface area contributed by atoms with E-state index in [-0.39, 0.29) is 53.8 Å². The lowest BCUT2D eigenvalue weighted by Crippen LogP contribution is -2.50. The lowest BCUT2D eigenvalue weighted by molar-refractivity contribution is 0.0387. The maximum absolute atomic E-state index is 13.6. The van der Waals surface area contributed by atoms with Gasteiger partial charge in [0.25, 0.3) is 21.8 Å². The monoisotopic (exact) mass is 556 g/mol. The van der Waals surface area contributed by atoms with E-state index in [1.54, 1.807) is 47.7 Å². The number of pyridine rings is 1. The number of carbonyl (C=O) groups is 2. The number of imidazole rings is 1. The highest BCUT2D eigenvalue weighted by molar-refractivity contribution is 7.89. The third kappa shape index (κ3) is 6.10. The summed E-state index contributed by atoms with van der Waals surface area (Å²) in [6.07, 6.45) is 5.22. The van der Waals surface area contributed by atoms with Crippen LogP contribution in [0.1, 0.15) is 34.6 Å². The Kier molecular flexibility index (Phi) is 8.33. The number of aliphatic hydroxyl groups is 1. The van der Waals surface area contributed by atoms with Crippen molar-refractivity contribution in [2.45, 2.75) is 31.0 Å². The molecule has 1 aliphatic heterocycles. The Labute approximate surface area is 227 Å². The summed E-state index contributed by atoms with van der Waals surface area (Å²) in [6, 6.07) is 7.36. The Balaban J connectivity index is 1.65. The van der Waals surface area contributed by atoms with Gasteiger partial charge in [0.15, 0.2) is 5.03 Å². The number of anilines is 1. The molecule has 0 spiro atoms. The number of nitrogens with one attached hydrogen (secondary N) is 1. The van der Waals surface area contributed by atoms with E-state index < -0.39 is 22.2 Å². The van der Waals surface area contributed by atoms with Crippen molar-refractivity contribution in [1.29, 1.82) is 0 Å². The Morgan fingerprint density at radius 3 is 2.64 bits per heavy atom. The lowest BCUT2D eigenvalue weighted by atomic mass is 9.99. The van der Waals surface area contributed by atoms with Gasteiger partial charge in [0.05, 0.1) is 31.1 Å². The van der Waals surface area contributed by atoms with Gasteiger partial charge in [-0.3, -0.25) is 14.6 Å². The van der Waals surface area contributed by atoms with Crippen molar-refractivity contribution in [3.63, 3.8) is 0 Å². The highest BCUT2D eigenvalue weighted by Gasteiger charge is 2.35. The molecule has 0 radical (unpaired) electrons. The van der Waals surface area contributed by atoms with Crippen LogP contribution in [0.3, 0.4) is 0 Å². The van der Waals surface area contributed by atoms with Crippen LogP contribution in [0.4, 0.5) is 5.69 Å². The third-order valence-electron chi connectivity index (χ3n) is 6.66. The molecule has 3 aromatic rings. The number of carbonyl (C=O) groups excluding carboxylic acids is 2. The van der Waals surface area contributed by atoms with Crippen molar-refractivity contribution in [3.05, 3.63) is 66.4 Å². The largest absolute Gasteiger partial charge is 0.488 e. The van der Waals surface area contributed by atoms with Crippen LogP contribution >= 0.6 is 0 Å². The second kappa shape index (κ2) is 11.5. The molecule has 1 aromatic carbocycles. The molecule has 0 saturated carbocycles. The van der Waals surface area contributed by atoms with Gasteiger partial charge in [-0.05, 0) is 37.3 Å². The fraction of sp³-hybridized carbons (Fsp3) is 0.385. The number of ether oxygens (including phenoxy) is 1. The van der Waals surface area contributed by atoms with Crippen molar-refractivity contribution in [2.75, 3.05) is 32.1 Å². The fourth-order valence-electron chi connectivity index (χ4n) is 4.26. The number of aryl methyl sites for hydroxylation is 1. The van der Waals surface area contributed by atoms with Gasteiger partial charge in [0.1, 0.15) is 11.9 Å². The number of nitrogens with zero attached hydrogens (tertiary/aromatic N) is 5. The SMILES string of the molecule is C[C@@H]1CN([C@H](C)CO)C(=O)c2cc(NC(=O)c3ccncc3)ccc2O[C@@H]1CN(C)S(=O)(=O)c1cn(C)cn1. The molecule has 0 bridgehead atoms. The molecule has 12 nitrogen and oxygen atoms in total. The van der Waals surface area contributed by atoms with E-state index in [9.17, 15) is 23.1 Å². The van der Waals surface area contributed by atoms with Crippen LogP contribution in [0.25, 0.3) is 0 Å². The first-order valence-electron chi connectivity index (χ1n) is 12.4. The van der Waals surface area contributed by atoms with E-state index >= 15 is 0 Å². The lowest BCUT2D eigenvalue weighted by Gasteiger charge is -2.38. The fourth-order valence-corrected chi connectivity index (χ4v) is 5.40. The van der Waals surface area contributed by atoms with Crippen LogP contribution in [0, 0.1) is 5.92 Å². The minimum absolute atomic E-state index is 0.00438. The van der Waals surface area contributed by atoms with Gasteiger partial charge in [-0.15, -0.1) is 0 Å². The summed E-state index contributed by atoms with van der Waals surface area (Å²) in [7, 11) is -0.742. The molecule has 0 aliphatic carbocycles. The number of rotatable bonds is 8. The Morgan fingerprint density at radius 2 is 2.00 bits per heavy atom. The molecule has 39 heavy (non-hydrogen) atoms. The maximum atomic E-state index is 13.6. The van der Waals surface area contributed by atoms with E-state index in [4.69, 9.17) is 4.74 Å². The minimum Gasteiger partial charge on any atom is -0.488 e. The topological polar surface area (TPSA) is 147 Å². The average Bonchev–Trinajstić information content (AvgIpc) is 3.38. The molecule has 1 aliphatic rings. The smallest absolute Gasteiger partial charge is 0.261 e. The van der Waals surface area contributed by atoms with Crippen LogP contribution < -0.4 is 10.1 Å². The van der Waals surface area contributed by atoms with Crippen molar-refractivity contribution in [3.8, 4) is 5.75 Å². The van der Waals surface area contributed by atoms with Crippen LogP contribution in [0.5, 0.6) is 5.75 Å². The van der Waals surface area contributed by atoms with Gasteiger partial charge in [-0.25, -0.2) is 13.4 Å². The molecule has 2 aromatic heterocycles. The van der Waals surface area contributed by atoms with E-state index in [0.717, 1.165) is 0 Å². The van der Waals surface area contributed by atoms with Crippen LogP contribution in [-0.4, -0.2) is 88.0 Å². The second-order valence-corrected chi connectivity index (χ2v) is 11.7. The first-order chi connectivity index (χ1) is 18.5. The number of aromatic nitrogens is 3. The molecule has 3 heterocycles. The van der Waals surface area contributed by atoms with Gasteiger partial charge in [-0.1, -0.05) is 6.92 Å². The normalized spacial score (nSPS) is 18.6. The first kappa shape index (κ1) is 28.2. The number of benzene rings is 1. The van der Waals surface area contributed by atoms with E-state index in [0.29, 0.717) is 11.3 Å². The van der Waals surface area contributed by atoms with Gasteiger partial charge < -0.3 is 24.6 Å². The van der Waals surface area contributed by atoms with Crippen molar-refractivity contribution in [1.82, 2.24) is 23.7 Å². The van der Waals surface area contributed by atoms with E-state index in [1.807, 2.05) is 6.92 Å². The van der Waals surface area contributed by atoms with Crippen LogP contribution in [0.15, 0.2) is 60.3 Å². The predicted molar refractivity (Wildman–Crippen MR) is 143 cm³/mol. The molecule has 0 fully saturated rings. The number of fused-ring (bicyclic) bond motifs is 1. The summed E-state index contributed by atoms with van der Waals surface area (Å²) in [5, 5.41) is 12.6. The minimum atomic E-state index is -3.88. The molecular weight excluding hydrogens is 524 g/mol. The predicted octanol–water partition coefficient (Wildman–Crippen LogP) is 1.61. The second-order valence-electron chi connectivity index (χ2n) is 9.69. The number of sulfonamides is 1. The summed E-state index contributed by atoms with van der Waals surface area (Å²) < 4.78 is 35.2. The number of likely N-dealkylation sites (N-methyl/N-ethyl adjacent to an activating group) is 1. The van der Waals surface area contributed by atoms with Crippen LogP contribution in [0.2, 0.25) is 0 Å². The quantitative estimate of drug-likeness (QED) is 0.425. The third-order valence-corrected chi connectivity index (χ3v) is 8.37. The highest BCUT2D eigenvalue weighted by atomic mass is 32.2. The number of hydrogen-bond acceptors (Lipinski definition) is 8. The summed E-state index contributed by atoms with van der Waals surface area (Å²) >= 11 is 0. The van der Waals surface area contributed by atoms with Gasteiger partial charge in [-0.2, -0.15) is 4.31 Å². The highest BCUT2D eigenvalue weighted by Crippen LogP contribution is 2.31. The zero-order valence-corrected chi connectivity index (χ0v) is 23.0. The van der Waals surface area contributed by atoms with Gasteiger partial charge in [0, 0.05) is 56.4 Å². The molecule has 2 amide bonds. The number of aliphatic hydroxyl groups excluding tert-OH is 1. The molecule has 208 valence electrons. The van der Waals surface area contributed by atoms with Gasteiger partial charge >= 0.3 is 0 Å². The van der Waals surface area contributed by atoms with E-state index in [2.05, 4.69) is 15.3 Å². The summed E-state index contributed by atoms with van der Waals surface area (Å²) in [5.74, 6) is -0.780. The van der Waals surface area contributed by atoms with Crippen LogP contribution in [-0.2, 0) is 17.1 Å².